The van der Waals surface area contributed by atoms with Gasteiger partial charge in [-0.15, -0.1) is 0 Å². The molecule has 3 rings (SSSR count). The van der Waals surface area contributed by atoms with E-state index < -0.39 is 0 Å². The molecule has 0 unspecified atom stereocenters. The van der Waals surface area contributed by atoms with Gasteiger partial charge in [0.2, 0.25) is 12.7 Å². The maximum absolute atomic E-state index is 12.1. The first-order chi connectivity index (χ1) is 11.7. The van der Waals surface area contributed by atoms with Crippen molar-refractivity contribution in [1.29, 1.82) is 0 Å². The Balaban J connectivity index is 1.41. The van der Waals surface area contributed by atoms with Crippen LogP contribution < -0.4 is 14.8 Å². The van der Waals surface area contributed by atoms with Gasteiger partial charge < -0.3 is 19.5 Å². The summed E-state index contributed by atoms with van der Waals surface area (Å²) in [6, 6.07) is 5.64. The highest BCUT2D eigenvalue weighted by atomic mass is 16.7. The van der Waals surface area contributed by atoms with Crippen LogP contribution >= 0.6 is 0 Å². The summed E-state index contributed by atoms with van der Waals surface area (Å²) >= 11 is 0. The van der Waals surface area contributed by atoms with E-state index in [4.69, 9.17) is 14.2 Å². The number of fused-ring (bicyclic) bond motifs is 1. The number of amides is 1. The van der Waals surface area contributed by atoms with Crippen molar-refractivity contribution >= 4 is 11.9 Å². The topological polar surface area (TPSA) is 77.1 Å². The lowest BCUT2D eigenvalue weighted by molar-refractivity contribution is -0.147. The Morgan fingerprint density at radius 3 is 2.75 bits per heavy atom. The third-order valence-electron chi connectivity index (χ3n) is 4.42. The van der Waals surface area contributed by atoms with Crippen LogP contribution in [0.5, 0.6) is 11.5 Å². The highest BCUT2D eigenvalue weighted by Crippen LogP contribution is 2.32. The van der Waals surface area contributed by atoms with E-state index in [0.717, 1.165) is 37.2 Å². The van der Waals surface area contributed by atoms with Crippen LogP contribution in [0.1, 0.15) is 18.4 Å². The third-order valence-corrected chi connectivity index (χ3v) is 4.42. The number of rotatable bonds is 5. The minimum Gasteiger partial charge on any atom is -0.469 e. The summed E-state index contributed by atoms with van der Waals surface area (Å²) < 4.78 is 15.4. The molecule has 7 heteroatoms. The monoisotopic (exact) mass is 334 g/mol. The summed E-state index contributed by atoms with van der Waals surface area (Å²) in [7, 11) is 1.41. The molecule has 0 radical (unpaired) electrons. The van der Waals surface area contributed by atoms with Gasteiger partial charge in [0.25, 0.3) is 0 Å². The number of methoxy groups -OCH3 is 1. The zero-order valence-corrected chi connectivity index (χ0v) is 13.7. The van der Waals surface area contributed by atoms with Crippen molar-refractivity contribution in [3.05, 3.63) is 23.8 Å². The molecule has 1 saturated heterocycles. The molecule has 0 atom stereocenters. The van der Waals surface area contributed by atoms with Crippen LogP contribution in [0.25, 0.3) is 0 Å². The molecular weight excluding hydrogens is 312 g/mol. The number of carbonyl (C=O) groups is 2. The molecule has 1 fully saturated rings. The number of hydrogen-bond acceptors (Lipinski definition) is 6. The van der Waals surface area contributed by atoms with Gasteiger partial charge in [0, 0.05) is 6.54 Å². The molecule has 2 aliphatic heterocycles. The highest BCUT2D eigenvalue weighted by molar-refractivity contribution is 5.78. The van der Waals surface area contributed by atoms with Crippen LogP contribution in [0.3, 0.4) is 0 Å². The fourth-order valence-electron chi connectivity index (χ4n) is 3.00. The first kappa shape index (κ1) is 16.6. The Morgan fingerprint density at radius 2 is 2.00 bits per heavy atom. The van der Waals surface area contributed by atoms with E-state index in [1.54, 1.807) is 0 Å². The summed E-state index contributed by atoms with van der Waals surface area (Å²) in [6.07, 6.45) is 1.48. The fourth-order valence-corrected chi connectivity index (χ4v) is 3.00. The van der Waals surface area contributed by atoms with Crippen molar-refractivity contribution in [2.45, 2.75) is 19.4 Å². The van der Waals surface area contributed by atoms with Gasteiger partial charge in [0.1, 0.15) is 0 Å². The van der Waals surface area contributed by atoms with Crippen molar-refractivity contribution in [2.24, 2.45) is 5.92 Å². The van der Waals surface area contributed by atoms with Gasteiger partial charge >= 0.3 is 5.97 Å². The number of likely N-dealkylation sites (tertiary alicyclic amines) is 1. The summed E-state index contributed by atoms with van der Waals surface area (Å²) in [5.74, 6) is 1.24. The molecule has 0 saturated carbocycles. The lowest BCUT2D eigenvalue weighted by atomic mass is 9.97. The standard InChI is InChI=1S/C17H22N2O5/c1-22-17(21)13-4-6-19(7-5-13)10-16(20)18-9-12-2-3-14-15(8-12)24-11-23-14/h2-3,8,13H,4-7,9-11H2,1H3,(H,18,20). The SMILES string of the molecule is COC(=O)C1CCN(CC(=O)NCc2ccc3c(c2)OCO3)CC1. The lowest BCUT2D eigenvalue weighted by Crippen LogP contribution is -2.42. The number of hydrogen-bond donors (Lipinski definition) is 1. The van der Waals surface area contributed by atoms with Gasteiger partial charge in [-0.25, -0.2) is 0 Å². The highest BCUT2D eigenvalue weighted by Gasteiger charge is 2.26. The van der Waals surface area contributed by atoms with Crippen molar-refractivity contribution in [2.75, 3.05) is 33.5 Å². The van der Waals surface area contributed by atoms with Crippen LogP contribution in [0.2, 0.25) is 0 Å². The third kappa shape index (κ3) is 3.97. The predicted molar refractivity (Wildman–Crippen MR) is 85.6 cm³/mol. The molecule has 7 nitrogen and oxygen atoms in total. The van der Waals surface area contributed by atoms with Crippen LogP contribution in [0, 0.1) is 5.92 Å². The molecule has 0 bridgehead atoms. The lowest BCUT2D eigenvalue weighted by Gasteiger charge is -2.29. The van der Waals surface area contributed by atoms with E-state index >= 15 is 0 Å². The quantitative estimate of drug-likeness (QED) is 0.807. The van der Waals surface area contributed by atoms with Crippen LogP contribution in [-0.4, -0.2) is 50.3 Å². The first-order valence-corrected chi connectivity index (χ1v) is 8.11. The maximum atomic E-state index is 12.1. The van der Waals surface area contributed by atoms with Crippen molar-refractivity contribution < 1.29 is 23.8 Å². The van der Waals surface area contributed by atoms with Gasteiger partial charge in [0.05, 0.1) is 19.6 Å². The van der Waals surface area contributed by atoms with Crippen molar-refractivity contribution in [1.82, 2.24) is 10.2 Å². The number of piperidine rings is 1. The number of nitrogens with zero attached hydrogens (tertiary/aromatic N) is 1. The van der Waals surface area contributed by atoms with E-state index in [1.807, 2.05) is 18.2 Å². The average molecular weight is 334 g/mol. The van der Waals surface area contributed by atoms with Crippen LogP contribution in [0.4, 0.5) is 0 Å². The molecule has 1 amide bonds. The average Bonchev–Trinajstić information content (AvgIpc) is 3.07. The van der Waals surface area contributed by atoms with Crippen molar-refractivity contribution in [3.8, 4) is 11.5 Å². The second-order valence-corrected chi connectivity index (χ2v) is 6.04. The molecule has 1 aromatic rings. The normalized spacial score (nSPS) is 17.5. The molecule has 2 heterocycles. The van der Waals surface area contributed by atoms with E-state index in [-0.39, 0.29) is 24.6 Å². The molecule has 130 valence electrons. The Bertz CT molecular complexity index is 611. The Kier molecular flexibility index (Phi) is 5.20. The number of nitrogens with one attached hydrogen (secondary N) is 1. The second kappa shape index (κ2) is 7.53. The largest absolute Gasteiger partial charge is 0.469 e. The van der Waals surface area contributed by atoms with Crippen LogP contribution in [-0.2, 0) is 20.9 Å². The van der Waals surface area contributed by atoms with Gasteiger partial charge in [0.15, 0.2) is 11.5 Å². The van der Waals surface area contributed by atoms with Gasteiger partial charge in [-0.05, 0) is 43.6 Å². The second-order valence-electron chi connectivity index (χ2n) is 6.04. The summed E-state index contributed by atoms with van der Waals surface area (Å²) in [6.45, 7) is 2.51. The van der Waals surface area contributed by atoms with Gasteiger partial charge in [-0.1, -0.05) is 6.07 Å². The first-order valence-electron chi connectivity index (χ1n) is 8.11. The fraction of sp³-hybridized carbons (Fsp3) is 0.529. The summed E-state index contributed by atoms with van der Waals surface area (Å²) in [4.78, 5) is 25.7. The Morgan fingerprint density at radius 1 is 1.25 bits per heavy atom. The minimum absolute atomic E-state index is 0.0239. The minimum atomic E-state index is -0.151. The zero-order chi connectivity index (χ0) is 16.9. The van der Waals surface area contributed by atoms with Gasteiger partial charge in [-0.3, -0.25) is 14.5 Å². The van der Waals surface area contributed by atoms with Gasteiger partial charge in [-0.2, -0.15) is 0 Å². The van der Waals surface area contributed by atoms with E-state index in [0.29, 0.717) is 18.8 Å². The Labute approximate surface area is 140 Å². The zero-order valence-electron chi connectivity index (χ0n) is 13.7. The maximum Gasteiger partial charge on any atom is 0.308 e. The Hall–Kier alpha value is -2.28. The molecule has 0 aromatic heterocycles. The molecular formula is C17H22N2O5. The number of ether oxygens (including phenoxy) is 3. The summed E-state index contributed by atoms with van der Waals surface area (Å²) in [5, 5.41) is 2.91. The van der Waals surface area contributed by atoms with E-state index in [9.17, 15) is 9.59 Å². The van der Waals surface area contributed by atoms with Crippen LogP contribution in [0.15, 0.2) is 18.2 Å². The molecule has 1 N–H and O–H groups in total. The smallest absolute Gasteiger partial charge is 0.308 e. The number of carbonyl (C=O) groups excluding carboxylic acids is 2. The van der Waals surface area contributed by atoms with E-state index in [1.165, 1.54) is 7.11 Å². The van der Waals surface area contributed by atoms with Crippen molar-refractivity contribution in [3.63, 3.8) is 0 Å². The van der Waals surface area contributed by atoms with E-state index in [2.05, 4.69) is 10.2 Å². The molecule has 1 aromatic carbocycles. The number of benzene rings is 1. The molecule has 24 heavy (non-hydrogen) atoms. The predicted octanol–water partition coefficient (Wildman–Crippen LogP) is 0.916. The molecule has 0 aliphatic carbocycles. The molecule has 0 spiro atoms. The number of esters is 1. The molecule has 2 aliphatic rings. The summed E-state index contributed by atoms with van der Waals surface area (Å²) in [5.41, 5.74) is 0.969.